The third-order valence-corrected chi connectivity index (χ3v) is 4.29. The number of halogens is 1. The molecule has 0 saturated carbocycles. The fraction of sp³-hybridized carbons (Fsp3) is 0.500. The van der Waals surface area contributed by atoms with E-state index in [1.807, 2.05) is 0 Å². The van der Waals surface area contributed by atoms with Crippen LogP contribution in [-0.2, 0) is 0 Å². The van der Waals surface area contributed by atoms with E-state index in [4.69, 9.17) is 0 Å². The maximum Gasteiger partial charge on any atom is 0.0547 e. The molecule has 1 aromatic rings. The summed E-state index contributed by atoms with van der Waals surface area (Å²) in [5.74, 6) is 0. The Morgan fingerprint density at radius 3 is 2.83 bits per heavy atom. The lowest BCUT2D eigenvalue weighted by atomic mass is 9.89. The van der Waals surface area contributed by atoms with Crippen LogP contribution < -0.4 is 5.32 Å². The van der Waals surface area contributed by atoms with Crippen molar-refractivity contribution in [1.29, 1.82) is 0 Å². The SMILES string of the molecule is CCNC(C1=CCCCC1)c1cc(C)ccc1Br. The Hall–Kier alpha value is -0.600. The standard InChI is InChI=1S/C16H22BrN/c1-3-18-16(13-7-5-4-6-8-13)14-11-12(2)9-10-15(14)17/h7,9-11,16,18H,3-6,8H2,1-2H3. The molecule has 1 N–H and O–H groups in total. The Morgan fingerprint density at radius 2 is 2.17 bits per heavy atom. The van der Waals surface area contributed by atoms with Crippen molar-refractivity contribution in [1.82, 2.24) is 5.32 Å². The largest absolute Gasteiger partial charge is 0.307 e. The van der Waals surface area contributed by atoms with Gasteiger partial charge in [0.25, 0.3) is 0 Å². The van der Waals surface area contributed by atoms with Gasteiger partial charge in [-0.1, -0.05) is 52.2 Å². The van der Waals surface area contributed by atoms with Crippen molar-refractivity contribution in [2.75, 3.05) is 6.54 Å². The molecule has 1 nitrogen and oxygen atoms in total. The van der Waals surface area contributed by atoms with E-state index < -0.39 is 0 Å². The highest BCUT2D eigenvalue weighted by molar-refractivity contribution is 9.10. The molecule has 1 atom stereocenters. The van der Waals surface area contributed by atoms with Crippen molar-refractivity contribution in [2.45, 2.75) is 45.6 Å². The van der Waals surface area contributed by atoms with Crippen LogP contribution in [0.5, 0.6) is 0 Å². The molecule has 2 rings (SSSR count). The highest BCUT2D eigenvalue weighted by atomic mass is 79.9. The van der Waals surface area contributed by atoms with Crippen molar-refractivity contribution in [3.05, 3.63) is 45.4 Å². The van der Waals surface area contributed by atoms with E-state index in [0.717, 1.165) is 6.54 Å². The van der Waals surface area contributed by atoms with E-state index in [1.165, 1.54) is 41.3 Å². The minimum absolute atomic E-state index is 0.379. The molecule has 0 aliphatic heterocycles. The number of benzene rings is 1. The minimum atomic E-state index is 0.379. The fourth-order valence-electron chi connectivity index (χ4n) is 2.65. The van der Waals surface area contributed by atoms with Gasteiger partial charge in [-0.15, -0.1) is 0 Å². The normalized spacial score (nSPS) is 17.4. The molecular weight excluding hydrogens is 286 g/mol. The van der Waals surface area contributed by atoms with E-state index in [9.17, 15) is 0 Å². The number of rotatable bonds is 4. The summed E-state index contributed by atoms with van der Waals surface area (Å²) < 4.78 is 1.21. The highest BCUT2D eigenvalue weighted by Crippen LogP contribution is 2.34. The van der Waals surface area contributed by atoms with E-state index in [2.05, 4.69) is 59.4 Å². The van der Waals surface area contributed by atoms with Gasteiger partial charge in [0, 0.05) is 4.47 Å². The van der Waals surface area contributed by atoms with Crippen molar-refractivity contribution < 1.29 is 0 Å². The van der Waals surface area contributed by atoms with Crippen molar-refractivity contribution in [3.8, 4) is 0 Å². The number of allylic oxidation sites excluding steroid dienone is 1. The Kier molecular flexibility index (Phi) is 5.02. The molecule has 18 heavy (non-hydrogen) atoms. The van der Waals surface area contributed by atoms with Crippen LogP contribution in [0.2, 0.25) is 0 Å². The van der Waals surface area contributed by atoms with Gasteiger partial charge in [-0.05, 0) is 50.8 Å². The molecule has 0 heterocycles. The zero-order valence-corrected chi connectivity index (χ0v) is 12.9. The van der Waals surface area contributed by atoms with E-state index in [-0.39, 0.29) is 0 Å². The summed E-state index contributed by atoms with van der Waals surface area (Å²) in [5, 5.41) is 3.64. The zero-order valence-electron chi connectivity index (χ0n) is 11.3. The van der Waals surface area contributed by atoms with Gasteiger partial charge in [0.2, 0.25) is 0 Å². The van der Waals surface area contributed by atoms with Gasteiger partial charge in [-0.25, -0.2) is 0 Å². The third-order valence-electron chi connectivity index (χ3n) is 3.57. The fourth-order valence-corrected chi connectivity index (χ4v) is 3.13. The van der Waals surface area contributed by atoms with Gasteiger partial charge in [0.05, 0.1) is 6.04 Å². The average molecular weight is 308 g/mol. The molecule has 0 saturated heterocycles. The second kappa shape index (κ2) is 6.53. The predicted octanol–water partition coefficient (Wildman–Crippen LogP) is 4.91. The smallest absolute Gasteiger partial charge is 0.0547 e. The summed E-state index contributed by atoms with van der Waals surface area (Å²) in [5.41, 5.74) is 4.27. The maximum atomic E-state index is 3.70. The van der Waals surface area contributed by atoms with E-state index in [1.54, 1.807) is 5.57 Å². The number of likely N-dealkylation sites (N-methyl/N-ethyl adjacent to an activating group) is 1. The molecule has 2 heteroatoms. The third kappa shape index (κ3) is 3.24. The molecule has 0 fully saturated rings. The number of hydrogen-bond acceptors (Lipinski definition) is 1. The topological polar surface area (TPSA) is 12.0 Å². The minimum Gasteiger partial charge on any atom is -0.307 e. The molecule has 1 aromatic carbocycles. The molecule has 1 aliphatic rings. The Balaban J connectivity index is 2.34. The quantitative estimate of drug-likeness (QED) is 0.779. The first-order valence-electron chi connectivity index (χ1n) is 6.90. The second-order valence-corrected chi connectivity index (χ2v) is 5.89. The Morgan fingerprint density at radius 1 is 1.33 bits per heavy atom. The van der Waals surface area contributed by atoms with Crippen molar-refractivity contribution in [2.24, 2.45) is 0 Å². The lowest BCUT2D eigenvalue weighted by Crippen LogP contribution is -2.24. The predicted molar refractivity (Wildman–Crippen MR) is 81.8 cm³/mol. The van der Waals surface area contributed by atoms with Crippen LogP contribution in [0.25, 0.3) is 0 Å². The van der Waals surface area contributed by atoms with Crippen LogP contribution in [0.15, 0.2) is 34.3 Å². The first-order chi connectivity index (χ1) is 8.72. The van der Waals surface area contributed by atoms with Gasteiger partial charge in [-0.3, -0.25) is 0 Å². The molecule has 1 unspecified atom stereocenters. The summed E-state index contributed by atoms with van der Waals surface area (Å²) in [6.45, 7) is 5.34. The molecule has 0 radical (unpaired) electrons. The van der Waals surface area contributed by atoms with Crippen LogP contribution >= 0.6 is 15.9 Å². The maximum absolute atomic E-state index is 3.70. The number of aryl methyl sites for hydroxylation is 1. The summed E-state index contributed by atoms with van der Waals surface area (Å²) in [7, 11) is 0. The summed E-state index contributed by atoms with van der Waals surface area (Å²) >= 11 is 3.70. The van der Waals surface area contributed by atoms with Crippen LogP contribution in [0, 0.1) is 6.92 Å². The highest BCUT2D eigenvalue weighted by Gasteiger charge is 2.19. The lowest BCUT2D eigenvalue weighted by molar-refractivity contribution is 0.562. The Labute approximate surface area is 119 Å². The van der Waals surface area contributed by atoms with Gasteiger partial charge < -0.3 is 5.32 Å². The van der Waals surface area contributed by atoms with E-state index in [0.29, 0.717) is 6.04 Å². The van der Waals surface area contributed by atoms with Crippen LogP contribution in [0.3, 0.4) is 0 Å². The second-order valence-electron chi connectivity index (χ2n) is 5.04. The molecule has 0 amide bonds. The average Bonchev–Trinajstić information content (AvgIpc) is 2.40. The molecule has 0 bridgehead atoms. The number of hydrogen-bond donors (Lipinski definition) is 1. The van der Waals surface area contributed by atoms with Crippen molar-refractivity contribution in [3.63, 3.8) is 0 Å². The molecule has 0 spiro atoms. The molecule has 0 aromatic heterocycles. The number of nitrogens with one attached hydrogen (secondary N) is 1. The Bertz CT molecular complexity index is 437. The molecule has 98 valence electrons. The lowest BCUT2D eigenvalue weighted by Gasteiger charge is -2.25. The van der Waals surface area contributed by atoms with Gasteiger partial charge in [0.15, 0.2) is 0 Å². The van der Waals surface area contributed by atoms with Gasteiger partial charge >= 0.3 is 0 Å². The van der Waals surface area contributed by atoms with Gasteiger partial charge in [-0.2, -0.15) is 0 Å². The first kappa shape index (κ1) is 13.8. The van der Waals surface area contributed by atoms with Crippen LogP contribution in [0.1, 0.15) is 49.8 Å². The van der Waals surface area contributed by atoms with Crippen LogP contribution in [-0.4, -0.2) is 6.54 Å². The summed E-state index contributed by atoms with van der Waals surface area (Å²) in [6, 6.07) is 7.00. The zero-order chi connectivity index (χ0) is 13.0. The molecule has 1 aliphatic carbocycles. The summed E-state index contributed by atoms with van der Waals surface area (Å²) in [4.78, 5) is 0. The molecular formula is C16H22BrN. The monoisotopic (exact) mass is 307 g/mol. The van der Waals surface area contributed by atoms with E-state index >= 15 is 0 Å². The van der Waals surface area contributed by atoms with Crippen molar-refractivity contribution >= 4 is 15.9 Å². The van der Waals surface area contributed by atoms with Gasteiger partial charge in [0.1, 0.15) is 0 Å². The first-order valence-corrected chi connectivity index (χ1v) is 7.70. The van der Waals surface area contributed by atoms with Crippen LogP contribution in [0.4, 0.5) is 0 Å². The summed E-state index contributed by atoms with van der Waals surface area (Å²) in [6.07, 6.45) is 7.58.